The number of ether oxygens (including phenoxy) is 1. The average molecular weight is 260 g/mol. The first-order chi connectivity index (χ1) is 9.01. The summed E-state index contributed by atoms with van der Waals surface area (Å²) in [5.74, 6) is 0.468. The van der Waals surface area contributed by atoms with Gasteiger partial charge in [0.25, 0.3) is 0 Å². The van der Waals surface area contributed by atoms with Crippen molar-refractivity contribution < 1.29 is 13.9 Å². The zero-order valence-corrected chi connectivity index (χ0v) is 11.2. The number of carbonyl (C=O) groups is 1. The monoisotopic (exact) mass is 260 g/mol. The lowest BCUT2D eigenvalue weighted by Gasteiger charge is -2.12. The lowest BCUT2D eigenvalue weighted by Crippen LogP contribution is -2.20. The minimum absolute atomic E-state index is 0.0520. The maximum absolute atomic E-state index is 11.4. The molecule has 4 heteroatoms. The Bertz CT molecular complexity index is 669. The highest BCUT2D eigenvalue weighted by Crippen LogP contribution is 2.23. The van der Waals surface area contributed by atoms with Crippen molar-refractivity contribution in [2.45, 2.75) is 33.3 Å². The molecule has 0 bridgehead atoms. The molecular weight excluding hydrogens is 244 g/mol. The van der Waals surface area contributed by atoms with Crippen molar-refractivity contribution in [2.75, 3.05) is 0 Å². The summed E-state index contributed by atoms with van der Waals surface area (Å²) in [4.78, 5) is 22.6. The molecule has 0 aliphatic heterocycles. The van der Waals surface area contributed by atoms with Gasteiger partial charge in [-0.25, -0.2) is 4.79 Å². The molecule has 19 heavy (non-hydrogen) atoms. The molecule has 0 aliphatic carbocycles. The van der Waals surface area contributed by atoms with E-state index >= 15 is 0 Å². The molecule has 0 aliphatic rings. The minimum atomic E-state index is -0.515. The van der Waals surface area contributed by atoms with Gasteiger partial charge in [0.05, 0.1) is 0 Å². The Morgan fingerprint density at radius 2 is 2.11 bits per heavy atom. The predicted molar refractivity (Wildman–Crippen MR) is 72.6 cm³/mol. The van der Waals surface area contributed by atoms with Crippen molar-refractivity contribution in [3.05, 3.63) is 40.2 Å². The van der Waals surface area contributed by atoms with Gasteiger partial charge in [-0.05, 0) is 38.0 Å². The van der Waals surface area contributed by atoms with Crippen LogP contribution in [-0.4, -0.2) is 11.9 Å². The summed E-state index contributed by atoms with van der Waals surface area (Å²) in [5.41, 5.74) is 1.05. The van der Waals surface area contributed by atoms with Gasteiger partial charge >= 0.3 is 5.63 Å². The second-order valence-corrected chi connectivity index (χ2v) is 4.47. The molecule has 2 rings (SSSR count). The van der Waals surface area contributed by atoms with Crippen molar-refractivity contribution in [3.63, 3.8) is 0 Å². The third-order valence-corrected chi connectivity index (χ3v) is 3.07. The Labute approximate surface area is 111 Å². The number of Topliss-reactive ketones (excluding diaryl/α,β-unsaturated/α-hetero) is 1. The highest BCUT2D eigenvalue weighted by atomic mass is 16.5. The van der Waals surface area contributed by atoms with Crippen LogP contribution < -0.4 is 10.4 Å². The fourth-order valence-corrected chi connectivity index (χ4v) is 1.86. The molecule has 0 radical (unpaired) electrons. The van der Waals surface area contributed by atoms with E-state index in [2.05, 4.69) is 0 Å². The summed E-state index contributed by atoms with van der Waals surface area (Å²) >= 11 is 0. The number of fused-ring (bicyclic) bond motifs is 1. The normalized spacial score (nSPS) is 12.4. The van der Waals surface area contributed by atoms with E-state index in [1.54, 1.807) is 19.1 Å². The first-order valence-electron chi connectivity index (χ1n) is 6.25. The number of hydrogen-bond donors (Lipinski definition) is 0. The summed E-state index contributed by atoms with van der Waals surface area (Å²) in [6.07, 6.45) is 0.241. The molecule has 4 nitrogen and oxygen atoms in total. The van der Waals surface area contributed by atoms with Crippen LogP contribution in [0.2, 0.25) is 0 Å². The van der Waals surface area contributed by atoms with Gasteiger partial charge in [-0.3, -0.25) is 4.79 Å². The van der Waals surface area contributed by atoms with E-state index in [1.807, 2.05) is 13.0 Å². The van der Waals surface area contributed by atoms with E-state index in [-0.39, 0.29) is 11.4 Å². The number of rotatable bonds is 4. The number of aryl methyl sites for hydroxylation is 1. The molecule has 1 aromatic heterocycles. The summed E-state index contributed by atoms with van der Waals surface area (Å²) in [6.45, 7) is 5.14. The first-order valence-corrected chi connectivity index (χ1v) is 6.25. The Hall–Kier alpha value is -2.10. The van der Waals surface area contributed by atoms with Crippen molar-refractivity contribution in [3.8, 4) is 5.75 Å². The Morgan fingerprint density at radius 3 is 2.74 bits per heavy atom. The zero-order chi connectivity index (χ0) is 14.0. The molecular formula is C15H16O4. The third kappa shape index (κ3) is 2.84. The van der Waals surface area contributed by atoms with Gasteiger partial charge in [0.15, 0.2) is 11.9 Å². The quantitative estimate of drug-likeness (QED) is 0.793. The summed E-state index contributed by atoms with van der Waals surface area (Å²) < 4.78 is 10.7. The van der Waals surface area contributed by atoms with Gasteiger partial charge in [-0.15, -0.1) is 0 Å². The molecule has 0 spiro atoms. The van der Waals surface area contributed by atoms with Crippen LogP contribution in [0.4, 0.5) is 0 Å². The van der Waals surface area contributed by atoms with Crippen LogP contribution in [0.3, 0.4) is 0 Å². The second-order valence-electron chi connectivity index (χ2n) is 4.47. The number of carbonyl (C=O) groups excluding carboxylic acids is 1. The maximum Gasteiger partial charge on any atom is 0.336 e. The number of hydrogen-bond acceptors (Lipinski definition) is 4. The zero-order valence-electron chi connectivity index (χ0n) is 11.2. The third-order valence-electron chi connectivity index (χ3n) is 3.07. The summed E-state index contributed by atoms with van der Waals surface area (Å²) in [7, 11) is 0. The lowest BCUT2D eigenvalue weighted by molar-refractivity contribution is -0.122. The fourth-order valence-electron chi connectivity index (χ4n) is 1.86. The van der Waals surface area contributed by atoms with Crippen molar-refractivity contribution >= 4 is 16.8 Å². The fraction of sp³-hybridized carbons (Fsp3) is 0.333. The Kier molecular flexibility index (Phi) is 3.69. The molecule has 0 N–H and O–H groups in total. The molecule has 0 saturated carbocycles. The number of ketones is 1. The van der Waals surface area contributed by atoms with Crippen molar-refractivity contribution in [1.29, 1.82) is 0 Å². The molecule has 1 heterocycles. The highest BCUT2D eigenvalue weighted by Gasteiger charge is 2.11. The van der Waals surface area contributed by atoms with Crippen molar-refractivity contribution in [2.24, 2.45) is 0 Å². The average Bonchev–Trinajstić information content (AvgIpc) is 2.37. The van der Waals surface area contributed by atoms with Crippen LogP contribution in [0.15, 0.2) is 33.5 Å². The SMILES string of the molecule is CCc1cc(=O)oc2cc(O[C@@H](C)C(C)=O)ccc12. The van der Waals surface area contributed by atoms with Gasteiger partial charge in [0.1, 0.15) is 11.3 Å². The topological polar surface area (TPSA) is 56.5 Å². The van der Waals surface area contributed by atoms with E-state index in [4.69, 9.17) is 9.15 Å². The van der Waals surface area contributed by atoms with Crippen LogP contribution in [-0.2, 0) is 11.2 Å². The van der Waals surface area contributed by atoms with Crippen LogP contribution in [0.5, 0.6) is 5.75 Å². The maximum atomic E-state index is 11.4. The molecule has 100 valence electrons. The van der Waals surface area contributed by atoms with Crippen LogP contribution in [0.25, 0.3) is 11.0 Å². The van der Waals surface area contributed by atoms with E-state index in [1.165, 1.54) is 13.0 Å². The van der Waals surface area contributed by atoms with Crippen LogP contribution >= 0.6 is 0 Å². The Morgan fingerprint density at radius 1 is 1.37 bits per heavy atom. The van der Waals surface area contributed by atoms with Crippen LogP contribution in [0, 0.1) is 0 Å². The highest BCUT2D eigenvalue weighted by molar-refractivity contribution is 5.82. The van der Waals surface area contributed by atoms with Gasteiger partial charge in [-0.2, -0.15) is 0 Å². The summed E-state index contributed by atoms with van der Waals surface area (Å²) in [6, 6.07) is 6.77. The smallest absolute Gasteiger partial charge is 0.336 e. The molecule has 0 saturated heterocycles. The molecule has 2 aromatic rings. The molecule has 1 aromatic carbocycles. The first kappa shape index (κ1) is 13.3. The van der Waals surface area contributed by atoms with Gasteiger partial charge in [0.2, 0.25) is 0 Å². The predicted octanol–water partition coefficient (Wildman–Crippen LogP) is 2.71. The van der Waals surface area contributed by atoms with E-state index < -0.39 is 6.10 Å². The standard InChI is InChI=1S/C15H16O4/c1-4-11-7-15(17)19-14-8-12(5-6-13(11)14)18-10(3)9(2)16/h5-8,10H,4H2,1-3H3/t10-/m0/s1. The van der Waals surface area contributed by atoms with E-state index in [0.717, 1.165) is 17.4 Å². The number of benzene rings is 1. The summed E-state index contributed by atoms with van der Waals surface area (Å²) in [5, 5.41) is 0.893. The van der Waals surface area contributed by atoms with Gasteiger partial charge in [-0.1, -0.05) is 6.92 Å². The molecule has 1 atom stereocenters. The van der Waals surface area contributed by atoms with E-state index in [0.29, 0.717) is 11.3 Å². The van der Waals surface area contributed by atoms with Crippen molar-refractivity contribution in [1.82, 2.24) is 0 Å². The largest absolute Gasteiger partial charge is 0.483 e. The van der Waals surface area contributed by atoms with Gasteiger partial charge < -0.3 is 9.15 Å². The second kappa shape index (κ2) is 5.26. The minimum Gasteiger partial charge on any atom is -0.483 e. The van der Waals surface area contributed by atoms with E-state index in [9.17, 15) is 9.59 Å². The molecule has 0 fully saturated rings. The molecule has 0 amide bonds. The Balaban J connectivity index is 2.46. The lowest BCUT2D eigenvalue weighted by atomic mass is 10.1. The molecule has 0 unspecified atom stereocenters. The van der Waals surface area contributed by atoms with Gasteiger partial charge in [0, 0.05) is 17.5 Å². The van der Waals surface area contributed by atoms with Crippen LogP contribution in [0.1, 0.15) is 26.3 Å².